The number of aryl methyl sites for hydroxylation is 1. The van der Waals surface area contributed by atoms with Gasteiger partial charge in [0.25, 0.3) is 10.0 Å². The maximum absolute atomic E-state index is 12.9. The molecule has 2 aromatic carbocycles. The maximum atomic E-state index is 12.9. The zero-order valence-electron chi connectivity index (χ0n) is 12.1. The molecular formula is C16H18BrNO2S. The van der Waals surface area contributed by atoms with Gasteiger partial charge in [0.15, 0.2) is 0 Å². The van der Waals surface area contributed by atoms with Crippen LogP contribution in [0.3, 0.4) is 0 Å². The van der Waals surface area contributed by atoms with E-state index in [9.17, 15) is 8.42 Å². The van der Waals surface area contributed by atoms with E-state index in [1.807, 2.05) is 38.1 Å². The molecule has 0 amide bonds. The van der Waals surface area contributed by atoms with Crippen molar-refractivity contribution in [2.75, 3.05) is 10.8 Å². The number of sulfonamides is 1. The Bertz CT molecular complexity index is 711. The molecule has 21 heavy (non-hydrogen) atoms. The van der Waals surface area contributed by atoms with E-state index in [4.69, 9.17) is 0 Å². The summed E-state index contributed by atoms with van der Waals surface area (Å²) in [6.07, 6.45) is 0.794. The van der Waals surface area contributed by atoms with Crippen LogP contribution in [0, 0.1) is 0 Å². The Kier molecular flexibility index (Phi) is 5.06. The second-order valence-corrected chi connectivity index (χ2v) is 7.38. The molecule has 0 saturated heterocycles. The van der Waals surface area contributed by atoms with Gasteiger partial charge in [0.05, 0.1) is 10.6 Å². The SMILES string of the molecule is CCc1ccccc1N(CC)S(=O)(=O)c1ccc(Br)cc1. The Morgan fingerprint density at radius 2 is 1.62 bits per heavy atom. The van der Waals surface area contributed by atoms with Crippen LogP contribution in [0.25, 0.3) is 0 Å². The zero-order valence-corrected chi connectivity index (χ0v) is 14.5. The van der Waals surface area contributed by atoms with Gasteiger partial charge in [0, 0.05) is 11.0 Å². The summed E-state index contributed by atoms with van der Waals surface area (Å²) in [6, 6.07) is 14.4. The van der Waals surface area contributed by atoms with Gasteiger partial charge in [-0.25, -0.2) is 8.42 Å². The number of anilines is 1. The van der Waals surface area contributed by atoms with Crippen LogP contribution in [-0.2, 0) is 16.4 Å². The predicted octanol–water partition coefficient (Wildman–Crippen LogP) is 4.23. The lowest BCUT2D eigenvalue weighted by Gasteiger charge is -2.25. The van der Waals surface area contributed by atoms with Crippen LogP contribution >= 0.6 is 15.9 Å². The lowest BCUT2D eigenvalue weighted by Crippen LogP contribution is -2.31. The number of hydrogen-bond acceptors (Lipinski definition) is 2. The second-order valence-electron chi connectivity index (χ2n) is 4.61. The molecule has 0 spiro atoms. The topological polar surface area (TPSA) is 37.4 Å². The Hall–Kier alpha value is -1.33. The zero-order chi connectivity index (χ0) is 15.5. The Balaban J connectivity index is 2.52. The molecule has 0 atom stereocenters. The molecule has 112 valence electrons. The van der Waals surface area contributed by atoms with Gasteiger partial charge in [-0.15, -0.1) is 0 Å². The van der Waals surface area contributed by atoms with Crippen molar-refractivity contribution in [1.29, 1.82) is 0 Å². The van der Waals surface area contributed by atoms with Crippen LogP contribution in [0.15, 0.2) is 57.9 Å². The lowest BCUT2D eigenvalue weighted by atomic mass is 10.1. The fourth-order valence-corrected chi connectivity index (χ4v) is 4.03. The molecule has 0 unspecified atom stereocenters. The van der Waals surface area contributed by atoms with Gasteiger partial charge >= 0.3 is 0 Å². The first-order valence-corrected chi connectivity index (χ1v) is 9.10. The van der Waals surface area contributed by atoms with E-state index in [0.717, 1.165) is 22.1 Å². The van der Waals surface area contributed by atoms with Gasteiger partial charge in [0.2, 0.25) is 0 Å². The van der Waals surface area contributed by atoms with Crippen molar-refractivity contribution in [3.05, 3.63) is 58.6 Å². The normalized spacial score (nSPS) is 11.4. The molecule has 0 aliphatic rings. The highest BCUT2D eigenvalue weighted by Gasteiger charge is 2.24. The van der Waals surface area contributed by atoms with Gasteiger partial charge in [-0.2, -0.15) is 0 Å². The van der Waals surface area contributed by atoms with Gasteiger partial charge in [-0.05, 0) is 49.2 Å². The Labute approximate surface area is 134 Å². The fourth-order valence-electron chi connectivity index (χ4n) is 2.26. The van der Waals surface area contributed by atoms with Crippen molar-refractivity contribution in [3.63, 3.8) is 0 Å². The van der Waals surface area contributed by atoms with Gasteiger partial charge in [0.1, 0.15) is 0 Å². The third kappa shape index (κ3) is 3.30. The molecule has 0 aliphatic carbocycles. The summed E-state index contributed by atoms with van der Waals surface area (Å²) in [5, 5.41) is 0. The molecule has 0 radical (unpaired) electrons. The predicted molar refractivity (Wildman–Crippen MR) is 90.2 cm³/mol. The highest BCUT2D eigenvalue weighted by Crippen LogP contribution is 2.27. The molecule has 2 rings (SSSR count). The van der Waals surface area contributed by atoms with Crippen LogP contribution in [0.5, 0.6) is 0 Å². The smallest absolute Gasteiger partial charge is 0.264 e. The lowest BCUT2D eigenvalue weighted by molar-refractivity contribution is 0.591. The van der Waals surface area contributed by atoms with Crippen molar-refractivity contribution >= 4 is 31.6 Å². The van der Waals surface area contributed by atoms with E-state index in [1.165, 1.54) is 4.31 Å². The third-order valence-electron chi connectivity index (χ3n) is 3.33. The summed E-state index contributed by atoms with van der Waals surface area (Å²) in [6.45, 7) is 4.27. The average Bonchev–Trinajstić information content (AvgIpc) is 2.48. The van der Waals surface area contributed by atoms with E-state index in [1.54, 1.807) is 24.3 Å². The van der Waals surface area contributed by atoms with E-state index >= 15 is 0 Å². The highest BCUT2D eigenvalue weighted by molar-refractivity contribution is 9.10. The highest BCUT2D eigenvalue weighted by atomic mass is 79.9. The number of benzene rings is 2. The Morgan fingerprint density at radius 3 is 2.19 bits per heavy atom. The first-order valence-electron chi connectivity index (χ1n) is 6.87. The molecule has 0 aliphatic heterocycles. The Morgan fingerprint density at radius 1 is 1.00 bits per heavy atom. The van der Waals surface area contributed by atoms with E-state index in [-0.39, 0.29) is 0 Å². The minimum Gasteiger partial charge on any atom is -0.266 e. The summed E-state index contributed by atoms with van der Waals surface area (Å²) in [5.41, 5.74) is 1.78. The molecule has 5 heteroatoms. The second kappa shape index (κ2) is 6.62. The number of para-hydroxylation sites is 1. The van der Waals surface area contributed by atoms with Crippen LogP contribution < -0.4 is 4.31 Å². The molecule has 0 N–H and O–H groups in total. The summed E-state index contributed by atoms with van der Waals surface area (Å²) < 4.78 is 28.0. The number of rotatable bonds is 5. The largest absolute Gasteiger partial charge is 0.266 e. The van der Waals surface area contributed by atoms with Gasteiger partial charge < -0.3 is 0 Å². The van der Waals surface area contributed by atoms with Gasteiger partial charge in [-0.1, -0.05) is 41.1 Å². The number of nitrogens with zero attached hydrogens (tertiary/aromatic N) is 1. The molecule has 2 aromatic rings. The monoisotopic (exact) mass is 367 g/mol. The summed E-state index contributed by atoms with van der Waals surface area (Å²) in [7, 11) is -3.54. The van der Waals surface area contributed by atoms with Crippen molar-refractivity contribution < 1.29 is 8.42 Å². The standard InChI is InChI=1S/C16H18BrNO2S/c1-3-13-7-5-6-8-16(13)18(4-2)21(19,20)15-11-9-14(17)10-12-15/h5-12H,3-4H2,1-2H3. The van der Waals surface area contributed by atoms with Crippen LogP contribution in [0.2, 0.25) is 0 Å². The van der Waals surface area contributed by atoms with Crippen molar-refractivity contribution in [2.24, 2.45) is 0 Å². The van der Waals surface area contributed by atoms with Crippen LogP contribution in [0.4, 0.5) is 5.69 Å². The van der Waals surface area contributed by atoms with Crippen molar-refractivity contribution in [1.82, 2.24) is 0 Å². The van der Waals surface area contributed by atoms with Crippen LogP contribution in [-0.4, -0.2) is 15.0 Å². The summed E-state index contributed by atoms with van der Waals surface area (Å²) in [4.78, 5) is 0.304. The summed E-state index contributed by atoms with van der Waals surface area (Å²) >= 11 is 3.33. The molecular weight excluding hydrogens is 350 g/mol. The van der Waals surface area contributed by atoms with Crippen LogP contribution in [0.1, 0.15) is 19.4 Å². The molecule has 0 aromatic heterocycles. The number of halogens is 1. The van der Waals surface area contributed by atoms with Gasteiger partial charge in [-0.3, -0.25) is 4.31 Å². The van der Waals surface area contributed by atoms with E-state index < -0.39 is 10.0 Å². The minimum atomic E-state index is -3.54. The average molecular weight is 368 g/mol. The molecule has 0 saturated carbocycles. The molecule has 0 heterocycles. The number of hydrogen-bond donors (Lipinski definition) is 0. The van der Waals surface area contributed by atoms with Crippen molar-refractivity contribution in [3.8, 4) is 0 Å². The fraction of sp³-hybridized carbons (Fsp3) is 0.250. The minimum absolute atomic E-state index is 0.304. The summed E-state index contributed by atoms with van der Waals surface area (Å²) in [5.74, 6) is 0. The first kappa shape index (κ1) is 16.0. The first-order chi connectivity index (χ1) is 10.0. The maximum Gasteiger partial charge on any atom is 0.264 e. The molecule has 0 bridgehead atoms. The van der Waals surface area contributed by atoms with E-state index in [2.05, 4.69) is 15.9 Å². The van der Waals surface area contributed by atoms with E-state index in [0.29, 0.717) is 11.4 Å². The molecule has 0 fully saturated rings. The quantitative estimate of drug-likeness (QED) is 0.792. The third-order valence-corrected chi connectivity index (χ3v) is 5.76. The molecule has 3 nitrogen and oxygen atoms in total. The van der Waals surface area contributed by atoms with Crippen molar-refractivity contribution in [2.45, 2.75) is 25.2 Å².